The highest BCUT2D eigenvalue weighted by Crippen LogP contribution is 2.38. The molecule has 0 aliphatic carbocycles. The van der Waals surface area contributed by atoms with Gasteiger partial charge < -0.3 is 4.74 Å². The molecule has 2 heteroatoms. The number of unbranched alkanes of at least 4 members (excludes halogenated alkanes) is 28. The second-order valence-electron chi connectivity index (χ2n) is 13.8. The van der Waals surface area contributed by atoms with Crippen LogP contribution in [0.5, 0.6) is 0 Å². The van der Waals surface area contributed by atoms with Crippen LogP contribution in [-0.2, 0) is 10.3 Å². The number of rotatable bonds is 35. The summed E-state index contributed by atoms with van der Waals surface area (Å²) in [6.07, 6.45) is 45.3. The third-order valence-corrected chi connectivity index (χ3v) is 10.5. The number of thiophene rings is 1. The summed E-state index contributed by atoms with van der Waals surface area (Å²) in [7, 11) is 0. The Morgan fingerprint density at radius 3 is 1.00 bits per heavy atom. The molecule has 0 aliphatic rings. The first-order valence-electron chi connectivity index (χ1n) is 20.0. The molecule has 0 spiro atoms. The number of hydrogen-bond donors (Lipinski definition) is 0. The van der Waals surface area contributed by atoms with Gasteiger partial charge in [0.1, 0.15) is 0 Å². The van der Waals surface area contributed by atoms with Crippen molar-refractivity contribution in [2.45, 2.75) is 232 Å². The van der Waals surface area contributed by atoms with Crippen molar-refractivity contribution in [3.8, 4) is 0 Å². The fourth-order valence-electron chi connectivity index (χ4n) is 7.01. The molecule has 0 N–H and O–H groups in total. The molecule has 0 unspecified atom stereocenters. The van der Waals surface area contributed by atoms with Gasteiger partial charge in [0.05, 0.1) is 5.60 Å². The van der Waals surface area contributed by atoms with Crippen LogP contribution in [-0.4, -0.2) is 6.61 Å². The molecule has 43 heavy (non-hydrogen) atoms. The molecular weight excluding hydrogens is 541 g/mol. The fraction of sp³-hybridized carbons (Fsp3) is 0.902. The Morgan fingerprint density at radius 1 is 0.442 bits per heavy atom. The average Bonchev–Trinajstić information content (AvgIpc) is 3.57. The Kier molecular flexibility index (Phi) is 29.9. The molecule has 1 aromatic heterocycles. The van der Waals surface area contributed by atoms with Gasteiger partial charge in [-0.1, -0.05) is 206 Å². The van der Waals surface area contributed by atoms with Crippen LogP contribution in [0.4, 0.5) is 0 Å². The van der Waals surface area contributed by atoms with Crippen LogP contribution in [0.3, 0.4) is 0 Å². The van der Waals surface area contributed by atoms with Crippen molar-refractivity contribution < 1.29 is 4.74 Å². The van der Waals surface area contributed by atoms with Crippen molar-refractivity contribution in [1.82, 2.24) is 0 Å². The van der Waals surface area contributed by atoms with E-state index in [4.69, 9.17) is 4.74 Å². The van der Waals surface area contributed by atoms with Crippen LogP contribution in [0.2, 0.25) is 0 Å². The summed E-state index contributed by atoms with van der Waals surface area (Å²) < 4.78 is 6.62. The Labute approximate surface area is 276 Å². The molecule has 0 saturated carbocycles. The molecule has 0 aliphatic heterocycles. The number of ether oxygens (including phenoxy) is 1. The maximum atomic E-state index is 6.62. The smallest absolute Gasteiger partial charge is 0.0939 e. The second-order valence-corrected chi connectivity index (χ2v) is 14.6. The van der Waals surface area contributed by atoms with Crippen LogP contribution in [0.1, 0.15) is 232 Å². The predicted molar refractivity (Wildman–Crippen MR) is 197 cm³/mol. The van der Waals surface area contributed by atoms with Crippen molar-refractivity contribution >= 4 is 11.3 Å². The topological polar surface area (TPSA) is 9.23 Å². The van der Waals surface area contributed by atoms with Crippen molar-refractivity contribution in [1.29, 1.82) is 0 Å². The summed E-state index contributed by atoms with van der Waals surface area (Å²) in [6.45, 7) is 7.64. The molecule has 0 fully saturated rings. The Bertz CT molecular complexity index is 604. The molecule has 254 valence electrons. The third-order valence-electron chi connectivity index (χ3n) is 9.84. The normalized spacial score (nSPS) is 12.0. The summed E-state index contributed by atoms with van der Waals surface area (Å²) in [4.78, 5) is 0. The molecule has 0 atom stereocenters. The standard InChI is InChI=1S/C41H78OS/c1-4-7-9-11-13-15-17-19-21-23-25-27-29-31-33-36-41(42-6-3,40-35-38-43-39-40)37-34-32-30-28-26-24-22-20-18-16-14-12-10-8-5-2/h35,38-39H,4-34,36-37H2,1-3H3. The summed E-state index contributed by atoms with van der Waals surface area (Å²) >= 11 is 1.84. The Balaban J connectivity index is 2.12. The molecule has 0 aromatic carbocycles. The third kappa shape index (κ3) is 23.6. The first kappa shape index (κ1) is 40.7. The lowest BCUT2D eigenvalue weighted by Crippen LogP contribution is -2.29. The summed E-state index contributed by atoms with van der Waals surface area (Å²) in [6, 6.07) is 2.34. The average molecular weight is 619 g/mol. The van der Waals surface area contributed by atoms with Crippen LogP contribution in [0, 0.1) is 0 Å². The minimum Gasteiger partial charge on any atom is -0.371 e. The van der Waals surface area contributed by atoms with E-state index in [1.807, 2.05) is 11.3 Å². The van der Waals surface area contributed by atoms with Gasteiger partial charge in [-0.05, 0) is 42.2 Å². The highest BCUT2D eigenvalue weighted by Gasteiger charge is 2.32. The fourth-order valence-corrected chi connectivity index (χ4v) is 7.75. The van der Waals surface area contributed by atoms with Gasteiger partial charge in [-0.25, -0.2) is 0 Å². The van der Waals surface area contributed by atoms with E-state index in [0.29, 0.717) is 0 Å². The van der Waals surface area contributed by atoms with Crippen molar-refractivity contribution in [3.05, 3.63) is 22.4 Å². The highest BCUT2D eigenvalue weighted by atomic mass is 32.1. The van der Waals surface area contributed by atoms with E-state index in [0.717, 1.165) is 6.61 Å². The largest absolute Gasteiger partial charge is 0.371 e. The zero-order valence-corrected chi connectivity index (χ0v) is 30.7. The van der Waals surface area contributed by atoms with Crippen molar-refractivity contribution in [2.24, 2.45) is 0 Å². The first-order valence-corrected chi connectivity index (χ1v) is 20.9. The van der Waals surface area contributed by atoms with Gasteiger partial charge in [0.15, 0.2) is 0 Å². The van der Waals surface area contributed by atoms with Gasteiger partial charge in [0.2, 0.25) is 0 Å². The highest BCUT2D eigenvalue weighted by molar-refractivity contribution is 7.08. The van der Waals surface area contributed by atoms with Crippen LogP contribution < -0.4 is 0 Å². The maximum Gasteiger partial charge on any atom is 0.0939 e. The Hall–Kier alpha value is -0.340. The first-order chi connectivity index (χ1) is 21.3. The van der Waals surface area contributed by atoms with E-state index in [2.05, 4.69) is 37.6 Å². The van der Waals surface area contributed by atoms with Gasteiger partial charge in [-0.15, -0.1) is 0 Å². The quantitative estimate of drug-likeness (QED) is 0.0688. The molecule has 1 heterocycles. The van der Waals surface area contributed by atoms with E-state index in [-0.39, 0.29) is 5.60 Å². The lowest BCUT2D eigenvalue weighted by molar-refractivity contribution is -0.0604. The molecule has 0 bridgehead atoms. The molecule has 1 rings (SSSR count). The monoisotopic (exact) mass is 619 g/mol. The van der Waals surface area contributed by atoms with Crippen LogP contribution in [0.15, 0.2) is 16.8 Å². The van der Waals surface area contributed by atoms with Gasteiger partial charge >= 0.3 is 0 Å². The maximum absolute atomic E-state index is 6.62. The van der Waals surface area contributed by atoms with E-state index in [9.17, 15) is 0 Å². The minimum atomic E-state index is -0.0399. The lowest BCUT2D eigenvalue weighted by atomic mass is 9.84. The van der Waals surface area contributed by atoms with Gasteiger partial charge in [-0.2, -0.15) is 11.3 Å². The van der Waals surface area contributed by atoms with Gasteiger partial charge in [0.25, 0.3) is 0 Å². The molecule has 0 saturated heterocycles. The molecule has 1 aromatic rings. The zero-order valence-electron chi connectivity index (χ0n) is 29.9. The summed E-state index contributed by atoms with van der Waals surface area (Å²) in [5.41, 5.74) is 1.41. The second kappa shape index (κ2) is 31.6. The van der Waals surface area contributed by atoms with Crippen LogP contribution >= 0.6 is 11.3 Å². The SMILES string of the molecule is CCCCCCCCCCCCCCCCCC(CCCCCCCCCCCCCCCCC)(OCC)c1ccsc1. The Morgan fingerprint density at radius 2 is 0.744 bits per heavy atom. The minimum absolute atomic E-state index is 0.0399. The zero-order chi connectivity index (χ0) is 30.9. The molecule has 1 nitrogen and oxygen atoms in total. The lowest BCUT2D eigenvalue weighted by Gasteiger charge is -2.34. The van der Waals surface area contributed by atoms with E-state index in [1.54, 1.807) is 0 Å². The molecular formula is C41H78OS. The van der Waals surface area contributed by atoms with Crippen molar-refractivity contribution in [3.63, 3.8) is 0 Å². The van der Waals surface area contributed by atoms with E-state index >= 15 is 0 Å². The number of hydrogen-bond acceptors (Lipinski definition) is 2. The van der Waals surface area contributed by atoms with Gasteiger partial charge in [0, 0.05) is 6.61 Å². The predicted octanol–water partition coefficient (Wildman–Crippen LogP) is 15.5. The van der Waals surface area contributed by atoms with Crippen molar-refractivity contribution in [2.75, 3.05) is 6.61 Å². The summed E-state index contributed by atoms with van der Waals surface area (Å²) in [5, 5.41) is 4.62. The molecule has 0 radical (unpaired) electrons. The van der Waals surface area contributed by atoms with E-state index in [1.165, 1.54) is 211 Å². The summed E-state index contributed by atoms with van der Waals surface area (Å²) in [5.74, 6) is 0. The van der Waals surface area contributed by atoms with Gasteiger partial charge in [-0.3, -0.25) is 0 Å². The van der Waals surface area contributed by atoms with Crippen LogP contribution in [0.25, 0.3) is 0 Å². The van der Waals surface area contributed by atoms with E-state index < -0.39 is 0 Å². The molecule has 0 amide bonds.